The van der Waals surface area contributed by atoms with E-state index in [4.69, 9.17) is 5.26 Å². The molecule has 2 aliphatic rings. The molecule has 0 amide bonds. The zero-order chi connectivity index (χ0) is 16.5. The Balaban J connectivity index is 0.000000110. The van der Waals surface area contributed by atoms with E-state index >= 15 is 0 Å². The van der Waals surface area contributed by atoms with E-state index in [9.17, 15) is 0 Å². The van der Waals surface area contributed by atoms with Crippen molar-refractivity contribution in [2.75, 3.05) is 0 Å². The fraction of sp³-hybridized carbons (Fsp3) is 0.0870. The van der Waals surface area contributed by atoms with Crippen molar-refractivity contribution in [3.63, 3.8) is 0 Å². The highest BCUT2D eigenvalue weighted by atomic mass is 14.2. The fourth-order valence-electron chi connectivity index (χ4n) is 3.36. The van der Waals surface area contributed by atoms with E-state index in [0.29, 0.717) is 0 Å². The summed E-state index contributed by atoms with van der Waals surface area (Å²) in [6.45, 7) is 3.50. The summed E-state index contributed by atoms with van der Waals surface area (Å²) in [6.07, 6.45) is 2.43. The maximum absolute atomic E-state index is 6.50. The molecule has 0 radical (unpaired) electrons. The van der Waals surface area contributed by atoms with Gasteiger partial charge in [-0.25, -0.2) is 5.26 Å². The van der Waals surface area contributed by atoms with Crippen LogP contribution in [0.2, 0.25) is 0 Å². The molecule has 2 aliphatic carbocycles. The molecule has 0 atom stereocenters. The van der Waals surface area contributed by atoms with Crippen LogP contribution >= 0.6 is 0 Å². The molecule has 0 saturated carbocycles. The first-order valence-corrected chi connectivity index (χ1v) is 8.15. The molecular formula is C23H17N. The lowest BCUT2D eigenvalue weighted by molar-refractivity contribution is 1.58. The Kier molecular flexibility index (Phi) is 3.52. The van der Waals surface area contributed by atoms with Crippen LogP contribution in [0.15, 0.2) is 72.8 Å². The van der Waals surface area contributed by atoms with E-state index in [1.165, 1.54) is 45.5 Å². The molecule has 6 rings (SSSR count). The average molecular weight is 307 g/mol. The van der Waals surface area contributed by atoms with Crippen LogP contribution in [0.1, 0.15) is 22.3 Å². The molecule has 0 heterocycles. The molecule has 0 saturated heterocycles. The Morgan fingerprint density at radius 3 is 1.42 bits per heavy atom. The molecule has 0 aromatic heterocycles. The Labute approximate surface area is 141 Å². The number of hydrogen-bond donors (Lipinski definition) is 0. The van der Waals surface area contributed by atoms with Crippen LogP contribution in [0.4, 0.5) is 0 Å². The zero-order valence-corrected chi connectivity index (χ0v) is 13.4. The van der Waals surface area contributed by atoms with Crippen LogP contribution in [0.5, 0.6) is 0 Å². The van der Waals surface area contributed by atoms with Gasteiger partial charge in [0.1, 0.15) is 0 Å². The van der Waals surface area contributed by atoms with Gasteiger partial charge in [0.05, 0.1) is 0 Å². The molecule has 4 aromatic rings. The van der Waals surface area contributed by atoms with Gasteiger partial charge in [-0.05, 0) is 56.6 Å². The van der Waals surface area contributed by atoms with Gasteiger partial charge in [-0.1, -0.05) is 72.8 Å². The molecule has 0 spiro atoms. The average Bonchev–Trinajstić information content (AvgIpc) is 3.57. The first-order chi connectivity index (χ1) is 11.9. The third-order valence-corrected chi connectivity index (χ3v) is 4.76. The third kappa shape index (κ3) is 2.53. The maximum atomic E-state index is 6.50. The summed E-state index contributed by atoms with van der Waals surface area (Å²) in [5, 5.41) is 12.2. The summed E-state index contributed by atoms with van der Waals surface area (Å²) < 4.78 is 0. The Hall–Kier alpha value is -3.11. The number of nitrogens with zero attached hydrogens (tertiary/aromatic N) is 1. The monoisotopic (exact) mass is 307 g/mol. The van der Waals surface area contributed by atoms with Crippen molar-refractivity contribution in [1.29, 1.82) is 5.26 Å². The van der Waals surface area contributed by atoms with Crippen LogP contribution in [-0.2, 0) is 12.8 Å². The van der Waals surface area contributed by atoms with E-state index in [-0.39, 0.29) is 0 Å². The zero-order valence-electron chi connectivity index (χ0n) is 13.4. The lowest BCUT2D eigenvalue weighted by atomic mass is 10.1. The summed E-state index contributed by atoms with van der Waals surface area (Å²) in [5.41, 5.74) is 6.18. The molecule has 114 valence electrons. The van der Waals surface area contributed by atoms with Gasteiger partial charge in [0.25, 0.3) is 0 Å². The second-order valence-electron chi connectivity index (χ2n) is 6.20. The molecule has 0 aliphatic heterocycles. The number of benzene rings is 4. The molecule has 0 N–H and O–H groups in total. The SMILES string of the molecule is C#N.c1ccc2c3c(ccc2c1)C3.c1ccc2c3c(ccc2c1)C3. The van der Waals surface area contributed by atoms with Gasteiger partial charge in [-0.3, -0.25) is 0 Å². The smallest absolute Gasteiger partial charge is 0.0462 e. The normalized spacial score (nSPS) is 12.1. The molecule has 0 fully saturated rings. The standard InChI is InChI=1S/2C11H8.CHN/c2*1-2-4-10-8(3-1)5-6-9-7-11(9)10;1-2/h2*1-6H,7H2;1H. The minimum Gasteiger partial charge on any atom is -0.202 e. The van der Waals surface area contributed by atoms with Gasteiger partial charge in [0.15, 0.2) is 0 Å². The highest BCUT2D eigenvalue weighted by molar-refractivity contribution is 5.91. The number of nitriles is 1. The quantitative estimate of drug-likeness (QED) is 0.357. The topological polar surface area (TPSA) is 23.8 Å². The van der Waals surface area contributed by atoms with Crippen LogP contribution in [-0.4, -0.2) is 0 Å². The van der Waals surface area contributed by atoms with Crippen molar-refractivity contribution in [1.82, 2.24) is 0 Å². The Morgan fingerprint density at radius 2 is 0.958 bits per heavy atom. The van der Waals surface area contributed by atoms with Gasteiger partial charge in [0.2, 0.25) is 0 Å². The first kappa shape index (κ1) is 14.5. The third-order valence-electron chi connectivity index (χ3n) is 4.76. The Morgan fingerprint density at radius 1 is 0.542 bits per heavy atom. The summed E-state index contributed by atoms with van der Waals surface area (Å²) in [7, 11) is 0. The van der Waals surface area contributed by atoms with E-state index in [1.54, 1.807) is 11.1 Å². The van der Waals surface area contributed by atoms with Crippen LogP contribution in [0, 0.1) is 11.8 Å². The first-order valence-electron chi connectivity index (χ1n) is 8.15. The van der Waals surface area contributed by atoms with Crippen molar-refractivity contribution >= 4 is 21.5 Å². The number of fused-ring (bicyclic) bond motifs is 6. The summed E-state index contributed by atoms with van der Waals surface area (Å²) >= 11 is 0. The second-order valence-corrected chi connectivity index (χ2v) is 6.20. The predicted octanol–water partition coefficient (Wildman–Crippen LogP) is 5.63. The number of rotatable bonds is 0. The number of hydrogen-bond acceptors (Lipinski definition) is 1. The Bertz CT molecular complexity index is 988. The van der Waals surface area contributed by atoms with Gasteiger partial charge in [-0.2, -0.15) is 0 Å². The minimum absolute atomic E-state index is 1.22. The van der Waals surface area contributed by atoms with Gasteiger partial charge < -0.3 is 0 Å². The lowest BCUT2D eigenvalue weighted by Crippen LogP contribution is -1.67. The van der Waals surface area contributed by atoms with Crippen molar-refractivity contribution in [3.8, 4) is 6.57 Å². The fourth-order valence-corrected chi connectivity index (χ4v) is 3.36. The van der Waals surface area contributed by atoms with Gasteiger partial charge in [0, 0.05) is 6.57 Å². The van der Waals surface area contributed by atoms with Gasteiger partial charge in [-0.15, -0.1) is 0 Å². The summed E-state index contributed by atoms with van der Waals surface area (Å²) in [5.74, 6) is 0. The molecule has 1 nitrogen and oxygen atoms in total. The summed E-state index contributed by atoms with van der Waals surface area (Å²) in [6, 6.07) is 26.1. The van der Waals surface area contributed by atoms with Crippen molar-refractivity contribution in [2.45, 2.75) is 12.8 Å². The lowest BCUT2D eigenvalue weighted by Gasteiger charge is -1.92. The molecule has 24 heavy (non-hydrogen) atoms. The van der Waals surface area contributed by atoms with E-state index in [2.05, 4.69) is 79.4 Å². The van der Waals surface area contributed by atoms with Gasteiger partial charge >= 0.3 is 0 Å². The molecule has 4 aromatic carbocycles. The predicted molar refractivity (Wildman–Crippen MR) is 100 cm³/mol. The highest BCUT2D eigenvalue weighted by Gasteiger charge is 2.18. The van der Waals surface area contributed by atoms with E-state index in [0.717, 1.165) is 0 Å². The van der Waals surface area contributed by atoms with Crippen LogP contribution < -0.4 is 0 Å². The van der Waals surface area contributed by atoms with Crippen molar-refractivity contribution < 1.29 is 0 Å². The molecular weight excluding hydrogens is 290 g/mol. The minimum atomic E-state index is 1.22. The van der Waals surface area contributed by atoms with Crippen LogP contribution in [0.25, 0.3) is 21.5 Å². The largest absolute Gasteiger partial charge is 0.202 e. The maximum Gasteiger partial charge on any atom is 0.0462 e. The van der Waals surface area contributed by atoms with E-state index in [1.807, 2.05) is 0 Å². The van der Waals surface area contributed by atoms with Crippen molar-refractivity contribution in [2.24, 2.45) is 0 Å². The summed E-state index contributed by atoms with van der Waals surface area (Å²) in [4.78, 5) is 0. The molecule has 0 unspecified atom stereocenters. The highest BCUT2D eigenvalue weighted by Crippen LogP contribution is 2.35. The van der Waals surface area contributed by atoms with E-state index < -0.39 is 0 Å². The molecule has 1 heteroatoms. The van der Waals surface area contributed by atoms with Crippen LogP contribution in [0.3, 0.4) is 0 Å². The second kappa shape index (κ2) is 5.83. The molecule has 0 bridgehead atoms. The van der Waals surface area contributed by atoms with Crippen molar-refractivity contribution in [3.05, 3.63) is 95.1 Å².